The fourth-order valence-corrected chi connectivity index (χ4v) is 6.02. The van der Waals surface area contributed by atoms with E-state index in [-0.39, 0.29) is 17.7 Å². The monoisotopic (exact) mass is 537 g/mol. The standard InChI is InChI=1S/C31H24FN3O3S/c1-3-38-30(37)26-27(19-9-5-4-6-10-19)33-31-35(28(26)20-13-15-22(32)16-14-20)29(36)25(39-31)17-21-18-34(2)24-12-8-7-11-23(21)24/h4-18,28H,3H2,1-2H3. The van der Waals surface area contributed by atoms with Gasteiger partial charge in [0.2, 0.25) is 0 Å². The zero-order valence-electron chi connectivity index (χ0n) is 21.3. The maximum absolute atomic E-state index is 14.0. The van der Waals surface area contributed by atoms with Crippen LogP contribution in [0.5, 0.6) is 0 Å². The Labute approximate surface area is 227 Å². The van der Waals surface area contributed by atoms with E-state index in [1.165, 1.54) is 28.0 Å². The van der Waals surface area contributed by atoms with Gasteiger partial charge in [0.1, 0.15) is 5.82 Å². The smallest absolute Gasteiger partial charge is 0.338 e. The topological polar surface area (TPSA) is 65.6 Å². The number of ether oxygens (including phenoxy) is 1. The van der Waals surface area contributed by atoms with Crippen LogP contribution in [0.1, 0.15) is 29.7 Å². The number of rotatable bonds is 5. The summed E-state index contributed by atoms with van der Waals surface area (Å²) in [6, 6.07) is 22.3. The summed E-state index contributed by atoms with van der Waals surface area (Å²) in [6.07, 6.45) is 3.85. The van der Waals surface area contributed by atoms with Crippen molar-refractivity contribution in [2.45, 2.75) is 13.0 Å². The van der Waals surface area contributed by atoms with Gasteiger partial charge in [-0.25, -0.2) is 14.2 Å². The number of carbonyl (C=O) groups is 1. The quantitative estimate of drug-likeness (QED) is 0.309. The molecule has 3 aromatic carbocycles. The first kappa shape index (κ1) is 24.8. The highest BCUT2D eigenvalue weighted by Gasteiger charge is 2.35. The number of benzene rings is 3. The van der Waals surface area contributed by atoms with Gasteiger partial charge in [-0.15, -0.1) is 0 Å². The van der Waals surface area contributed by atoms with Gasteiger partial charge in [-0.05, 0) is 36.8 Å². The third kappa shape index (κ3) is 4.32. The lowest BCUT2D eigenvalue weighted by Gasteiger charge is -2.25. The lowest BCUT2D eigenvalue weighted by molar-refractivity contribution is -0.138. The Kier molecular flexibility index (Phi) is 6.32. The van der Waals surface area contributed by atoms with Crippen molar-refractivity contribution < 1.29 is 13.9 Å². The van der Waals surface area contributed by atoms with Crippen LogP contribution in [0, 0.1) is 5.82 Å². The zero-order valence-corrected chi connectivity index (χ0v) is 22.1. The van der Waals surface area contributed by atoms with Crippen molar-refractivity contribution in [3.63, 3.8) is 0 Å². The number of halogens is 1. The lowest BCUT2D eigenvalue weighted by atomic mass is 9.93. The van der Waals surface area contributed by atoms with Crippen LogP contribution in [-0.2, 0) is 16.6 Å². The fourth-order valence-electron chi connectivity index (χ4n) is 5.03. The number of aromatic nitrogens is 2. The van der Waals surface area contributed by atoms with Gasteiger partial charge >= 0.3 is 5.97 Å². The summed E-state index contributed by atoms with van der Waals surface area (Å²) in [5.74, 6) is -0.982. The van der Waals surface area contributed by atoms with Gasteiger partial charge in [0.05, 0.1) is 28.5 Å². The molecule has 3 heterocycles. The van der Waals surface area contributed by atoms with Crippen LogP contribution in [0.2, 0.25) is 0 Å². The van der Waals surface area contributed by atoms with Crippen molar-refractivity contribution in [2.75, 3.05) is 6.61 Å². The van der Waals surface area contributed by atoms with Gasteiger partial charge in [-0.3, -0.25) is 9.36 Å². The van der Waals surface area contributed by atoms with Crippen LogP contribution in [-0.4, -0.2) is 21.7 Å². The minimum atomic E-state index is -0.842. The third-order valence-electron chi connectivity index (χ3n) is 6.77. The second-order valence-corrected chi connectivity index (χ2v) is 10.2. The summed E-state index contributed by atoms with van der Waals surface area (Å²) in [5, 5.41) is 1.03. The Hall–Kier alpha value is -4.56. The van der Waals surface area contributed by atoms with Gasteiger partial charge in [-0.1, -0.05) is 72.0 Å². The minimum absolute atomic E-state index is 0.159. The number of para-hydroxylation sites is 1. The summed E-state index contributed by atoms with van der Waals surface area (Å²) in [4.78, 5) is 32.8. The third-order valence-corrected chi connectivity index (χ3v) is 7.76. The molecule has 0 fully saturated rings. The maximum Gasteiger partial charge on any atom is 0.338 e. The number of hydrogen-bond acceptors (Lipinski definition) is 5. The van der Waals surface area contributed by atoms with E-state index in [1.54, 1.807) is 19.1 Å². The lowest BCUT2D eigenvalue weighted by Crippen LogP contribution is -2.40. The molecule has 1 unspecified atom stereocenters. The highest BCUT2D eigenvalue weighted by Crippen LogP contribution is 2.35. The highest BCUT2D eigenvalue weighted by atomic mass is 32.1. The van der Waals surface area contributed by atoms with Gasteiger partial charge in [0.15, 0.2) is 4.80 Å². The Morgan fingerprint density at radius 2 is 1.77 bits per heavy atom. The Morgan fingerprint density at radius 1 is 1.05 bits per heavy atom. The first-order valence-corrected chi connectivity index (χ1v) is 13.4. The summed E-state index contributed by atoms with van der Waals surface area (Å²) >= 11 is 1.26. The molecule has 0 radical (unpaired) electrons. The van der Waals surface area contributed by atoms with Crippen LogP contribution >= 0.6 is 11.3 Å². The molecule has 1 aliphatic rings. The van der Waals surface area contributed by atoms with Gasteiger partial charge in [0, 0.05) is 35.3 Å². The number of nitrogens with zero attached hydrogens (tertiary/aromatic N) is 3. The molecule has 5 aromatic rings. The van der Waals surface area contributed by atoms with E-state index in [4.69, 9.17) is 9.73 Å². The van der Waals surface area contributed by atoms with E-state index in [0.29, 0.717) is 20.6 Å². The van der Waals surface area contributed by atoms with Crippen molar-refractivity contribution in [2.24, 2.45) is 12.0 Å². The normalized spacial score (nSPS) is 15.4. The molecule has 6 nitrogen and oxygen atoms in total. The maximum atomic E-state index is 14.0. The van der Waals surface area contributed by atoms with E-state index >= 15 is 0 Å². The molecule has 0 saturated heterocycles. The van der Waals surface area contributed by atoms with E-state index in [9.17, 15) is 14.0 Å². The molecule has 8 heteroatoms. The molecule has 1 atom stereocenters. The Morgan fingerprint density at radius 3 is 2.51 bits per heavy atom. The van der Waals surface area contributed by atoms with Gasteiger partial charge in [-0.2, -0.15) is 0 Å². The molecule has 194 valence electrons. The fraction of sp³-hybridized carbons (Fsp3) is 0.129. The molecule has 0 amide bonds. The van der Waals surface area contributed by atoms with E-state index in [2.05, 4.69) is 0 Å². The number of fused-ring (bicyclic) bond motifs is 2. The summed E-state index contributed by atoms with van der Waals surface area (Å²) < 4.78 is 23.4. The van der Waals surface area contributed by atoms with Gasteiger partial charge in [0.25, 0.3) is 5.56 Å². The van der Waals surface area contributed by atoms with Crippen LogP contribution in [0.25, 0.3) is 22.7 Å². The molecule has 0 bridgehead atoms. The number of esters is 1. The highest BCUT2D eigenvalue weighted by molar-refractivity contribution is 7.07. The van der Waals surface area contributed by atoms with E-state index in [1.807, 2.05) is 78.5 Å². The largest absolute Gasteiger partial charge is 0.463 e. The van der Waals surface area contributed by atoms with Crippen molar-refractivity contribution in [1.29, 1.82) is 0 Å². The summed E-state index contributed by atoms with van der Waals surface area (Å²) in [7, 11) is 1.97. The average molecular weight is 538 g/mol. The first-order valence-electron chi connectivity index (χ1n) is 12.5. The predicted octanol–water partition coefficient (Wildman–Crippen LogP) is 4.57. The second kappa shape index (κ2) is 9.96. The molecule has 0 saturated carbocycles. The molecule has 39 heavy (non-hydrogen) atoms. The molecular weight excluding hydrogens is 513 g/mol. The SMILES string of the molecule is CCOC(=O)C1=C(c2ccccc2)N=c2sc(=Cc3cn(C)c4ccccc34)c(=O)n2C1c1ccc(F)cc1. The van der Waals surface area contributed by atoms with Gasteiger partial charge < -0.3 is 9.30 Å². The van der Waals surface area contributed by atoms with Crippen LogP contribution in [0.4, 0.5) is 4.39 Å². The van der Waals surface area contributed by atoms with Crippen molar-refractivity contribution in [3.8, 4) is 0 Å². The predicted molar refractivity (Wildman–Crippen MR) is 150 cm³/mol. The molecular formula is C31H24FN3O3S. The van der Waals surface area contributed by atoms with E-state index in [0.717, 1.165) is 22.0 Å². The summed E-state index contributed by atoms with van der Waals surface area (Å²) in [6.45, 7) is 1.89. The Bertz CT molecular complexity index is 1930. The van der Waals surface area contributed by atoms with Crippen LogP contribution in [0.15, 0.2) is 100 Å². The molecule has 0 spiro atoms. The molecule has 2 aromatic heterocycles. The van der Waals surface area contributed by atoms with Crippen molar-refractivity contribution in [1.82, 2.24) is 9.13 Å². The Balaban J connectivity index is 1.66. The number of thiazole rings is 1. The molecule has 6 rings (SSSR count). The molecule has 0 N–H and O–H groups in total. The van der Waals surface area contributed by atoms with Crippen LogP contribution < -0.4 is 14.9 Å². The zero-order chi connectivity index (χ0) is 27.1. The number of hydrogen-bond donors (Lipinski definition) is 0. The summed E-state index contributed by atoms with van der Waals surface area (Å²) in [5.41, 5.74) is 3.65. The van der Waals surface area contributed by atoms with E-state index < -0.39 is 17.8 Å². The van der Waals surface area contributed by atoms with Crippen molar-refractivity contribution in [3.05, 3.63) is 133 Å². The second-order valence-electron chi connectivity index (χ2n) is 9.20. The first-order chi connectivity index (χ1) is 19.0. The number of carbonyl (C=O) groups excluding carboxylic acids is 1. The molecule has 0 aliphatic carbocycles. The average Bonchev–Trinajstić information content (AvgIpc) is 3.44. The van der Waals surface area contributed by atoms with Crippen molar-refractivity contribution >= 4 is 40.0 Å². The van der Waals surface area contributed by atoms with Crippen LogP contribution in [0.3, 0.4) is 0 Å². The minimum Gasteiger partial charge on any atom is -0.463 e. The number of aryl methyl sites for hydroxylation is 1. The molecule has 1 aliphatic heterocycles.